The second kappa shape index (κ2) is 5.39. The molecule has 0 aliphatic carbocycles. The Morgan fingerprint density at radius 1 is 1.20 bits per heavy atom. The van der Waals surface area contributed by atoms with E-state index in [1.54, 1.807) is 0 Å². The van der Waals surface area contributed by atoms with Crippen molar-refractivity contribution in [1.82, 2.24) is 10.6 Å². The first-order valence-corrected chi connectivity index (χ1v) is 4.66. The van der Waals surface area contributed by atoms with Crippen LogP contribution in [0.3, 0.4) is 0 Å². The molecule has 0 bridgehead atoms. The molecule has 0 amide bonds. The molecular weight excluding hydrogens is 222 g/mol. The Bertz CT molecular complexity index is 327. The number of piperazine rings is 1. The molecule has 0 spiro atoms. The normalized spacial score (nSPS) is 20.8. The standard InChI is InChI=1S/C10H12F2N2.ClH/c11-7-1-2-8(9(12)5-7)10-6-13-3-4-14-10;/h1-2,5,10,13-14H,3-4,6H2;1H/t10-;/m1./s1. The van der Waals surface area contributed by atoms with Crippen LogP contribution in [0.25, 0.3) is 0 Å². The molecule has 2 nitrogen and oxygen atoms in total. The number of benzene rings is 1. The third kappa shape index (κ3) is 2.87. The van der Waals surface area contributed by atoms with Crippen LogP contribution in [0.1, 0.15) is 11.6 Å². The molecule has 0 radical (unpaired) electrons. The summed E-state index contributed by atoms with van der Waals surface area (Å²) in [6, 6.07) is 3.65. The summed E-state index contributed by atoms with van der Waals surface area (Å²) in [4.78, 5) is 0. The molecule has 1 aliphatic heterocycles. The summed E-state index contributed by atoms with van der Waals surface area (Å²) >= 11 is 0. The van der Waals surface area contributed by atoms with E-state index in [4.69, 9.17) is 0 Å². The Hall–Kier alpha value is -0.710. The lowest BCUT2D eigenvalue weighted by Gasteiger charge is -2.25. The van der Waals surface area contributed by atoms with Gasteiger partial charge in [-0.1, -0.05) is 6.07 Å². The van der Waals surface area contributed by atoms with Gasteiger partial charge in [0.05, 0.1) is 0 Å². The van der Waals surface area contributed by atoms with Crippen molar-refractivity contribution in [2.75, 3.05) is 19.6 Å². The number of nitrogens with one attached hydrogen (secondary N) is 2. The predicted octanol–water partition coefficient (Wildman–Crippen LogP) is 1.62. The lowest BCUT2D eigenvalue weighted by Crippen LogP contribution is -2.42. The van der Waals surface area contributed by atoms with Crippen LogP contribution in [0.15, 0.2) is 18.2 Å². The predicted molar refractivity (Wildman–Crippen MR) is 57.2 cm³/mol. The third-order valence-electron chi connectivity index (χ3n) is 2.38. The summed E-state index contributed by atoms with van der Waals surface area (Å²) in [5.41, 5.74) is 0.526. The molecule has 84 valence electrons. The van der Waals surface area contributed by atoms with Crippen molar-refractivity contribution in [3.63, 3.8) is 0 Å². The Morgan fingerprint density at radius 2 is 2.00 bits per heavy atom. The molecule has 1 aliphatic rings. The summed E-state index contributed by atoms with van der Waals surface area (Å²) < 4.78 is 26.0. The van der Waals surface area contributed by atoms with Crippen molar-refractivity contribution in [2.45, 2.75) is 6.04 Å². The Morgan fingerprint density at radius 3 is 2.60 bits per heavy atom. The second-order valence-corrected chi connectivity index (χ2v) is 3.38. The fourth-order valence-electron chi connectivity index (χ4n) is 1.66. The van der Waals surface area contributed by atoms with Gasteiger partial charge in [-0.2, -0.15) is 0 Å². The van der Waals surface area contributed by atoms with Gasteiger partial charge in [0.15, 0.2) is 0 Å². The molecule has 1 aromatic rings. The van der Waals surface area contributed by atoms with Crippen LogP contribution in [-0.4, -0.2) is 19.6 Å². The number of hydrogen-bond donors (Lipinski definition) is 2. The maximum atomic E-state index is 13.3. The minimum absolute atomic E-state index is 0. The molecule has 15 heavy (non-hydrogen) atoms. The van der Waals surface area contributed by atoms with E-state index in [9.17, 15) is 8.78 Å². The van der Waals surface area contributed by atoms with Crippen molar-refractivity contribution in [1.29, 1.82) is 0 Å². The minimum atomic E-state index is -0.532. The lowest BCUT2D eigenvalue weighted by atomic mass is 10.0. The zero-order valence-corrected chi connectivity index (χ0v) is 8.91. The maximum Gasteiger partial charge on any atom is 0.130 e. The fourth-order valence-corrected chi connectivity index (χ4v) is 1.66. The molecule has 0 aromatic heterocycles. The summed E-state index contributed by atoms with van der Waals surface area (Å²) in [7, 11) is 0. The fraction of sp³-hybridized carbons (Fsp3) is 0.400. The van der Waals surface area contributed by atoms with Crippen LogP contribution >= 0.6 is 12.4 Å². The third-order valence-corrected chi connectivity index (χ3v) is 2.38. The van der Waals surface area contributed by atoms with E-state index in [2.05, 4.69) is 10.6 Å². The first-order valence-electron chi connectivity index (χ1n) is 4.66. The first-order chi connectivity index (χ1) is 6.77. The van der Waals surface area contributed by atoms with E-state index in [0.29, 0.717) is 12.1 Å². The quantitative estimate of drug-likeness (QED) is 0.772. The second-order valence-electron chi connectivity index (χ2n) is 3.38. The molecule has 0 saturated carbocycles. The molecule has 1 saturated heterocycles. The van der Waals surface area contributed by atoms with Crippen molar-refractivity contribution in [3.05, 3.63) is 35.4 Å². The van der Waals surface area contributed by atoms with Gasteiger partial charge in [-0.05, 0) is 6.07 Å². The molecule has 1 atom stereocenters. The SMILES string of the molecule is Cl.Fc1ccc([C@H]2CNCCN2)c(F)c1. The zero-order valence-electron chi connectivity index (χ0n) is 8.09. The Kier molecular flexibility index (Phi) is 4.45. The molecule has 0 unspecified atom stereocenters. The molecule has 1 aromatic carbocycles. The van der Waals surface area contributed by atoms with Crippen LogP contribution in [0.5, 0.6) is 0 Å². The smallest absolute Gasteiger partial charge is 0.130 e. The summed E-state index contributed by atoms with van der Waals surface area (Å²) in [6.07, 6.45) is 0. The number of halogens is 3. The molecule has 1 heterocycles. The highest BCUT2D eigenvalue weighted by molar-refractivity contribution is 5.85. The number of rotatable bonds is 1. The maximum absolute atomic E-state index is 13.3. The van der Waals surface area contributed by atoms with Crippen LogP contribution in [0, 0.1) is 11.6 Å². The topological polar surface area (TPSA) is 24.1 Å². The zero-order chi connectivity index (χ0) is 9.97. The molecule has 2 rings (SSSR count). The highest BCUT2D eigenvalue weighted by atomic mass is 35.5. The molecule has 2 N–H and O–H groups in total. The Balaban J connectivity index is 0.00000112. The average Bonchev–Trinajstić information content (AvgIpc) is 2.19. The number of hydrogen-bond acceptors (Lipinski definition) is 2. The van der Waals surface area contributed by atoms with Crippen LogP contribution in [-0.2, 0) is 0 Å². The molecular formula is C10H13ClF2N2. The Labute approximate surface area is 93.5 Å². The highest BCUT2D eigenvalue weighted by Gasteiger charge is 2.17. The van der Waals surface area contributed by atoms with Crippen LogP contribution < -0.4 is 10.6 Å². The van der Waals surface area contributed by atoms with Crippen LogP contribution in [0.4, 0.5) is 8.78 Å². The van der Waals surface area contributed by atoms with Gasteiger partial charge >= 0.3 is 0 Å². The van der Waals surface area contributed by atoms with Gasteiger partial charge in [-0.3, -0.25) is 0 Å². The van der Waals surface area contributed by atoms with E-state index in [-0.39, 0.29) is 18.4 Å². The van der Waals surface area contributed by atoms with Crippen molar-refractivity contribution >= 4 is 12.4 Å². The van der Waals surface area contributed by atoms with Gasteiger partial charge < -0.3 is 10.6 Å². The van der Waals surface area contributed by atoms with Gasteiger partial charge in [-0.25, -0.2) is 8.78 Å². The van der Waals surface area contributed by atoms with Gasteiger partial charge in [-0.15, -0.1) is 12.4 Å². The molecule has 5 heteroatoms. The van der Waals surface area contributed by atoms with Gasteiger partial charge in [0.25, 0.3) is 0 Å². The van der Waals surface area contributed by atoms with Gasteiger partial charge in [0.2, 0.25) is 0 Å². The van der Waals surface area contributed by atoms with E-state index in [0.717, 1.165) is 19.2 Å². The largest absolute Gasteiger partial charge is 0.314 e. The average molecular weight is 235 g/mol. The van der Waals surface area contributed by atoms with E-state index in [1.165, 1.54) is 12.1 Å². The van der Waals surface area contributed by atoms with E-state index < -0.39 is 11.6 Å². The van der Waals surface area contributed by atoms with E-state index in [1.807, 2.05) is 0 Å². The van der Waals surface area contributed by atoms with Crippen molar-refractivity contribution < 1.29 is 8.78 Å². The van der Waals surface area contributed by atoms with Crippen molar-refractivity contribution in [3.8, 4) is 0 Å². The first kappa shape index (κ1) is 12.4. The minimum Gasteiger partial charge on any atom is -0.314 e. The lowest BCUT2D eigenvalue weighted by molar-refractivity contribution is 0.415. The van der Waals surface area contributed by atoms with Crippen molar-refractivity contribution in [2.24, 2.45) is 0 Å². The van der Waals surface area contributed by atoms with Crippen LogP contribution in [0.2, 0.25) is 0 Å². The van der Waals surface area contributed by atoms with Gasteiger partial charge in [0, 0.05) is 37.3 Å². The monoisotopic (exact) mass is 234 g/mol. The highest BCUT2D eigenvalue weighted by Crippen LogP contribution is 2.18. The van der Waals surface area contributed by atoms with Gasteiger partial charge in [0.1, 0.15) is 11.6 Å². The molecule has 1 fully saturated rings. The summed E-state index contributed by atoms with van der Waals surface area (Å²) in [5, 5.41) is 6.32. The van der Waals surface area contributed by atoms with E-state index >= 15 is 0 Å². The summed E-state index contributed by atoms with van der Waals surface area (Å²) in [5.74, 6) is -1.01. The summed E-state index contributed by atoms with van der Waals surface area (Å²) in [6.45, 7) is 2.38.